The second kappa shape index (κ2) is 8.50. The molecule has 6 heteroatoms. The van der Waals surface area contributed by atoms with Crippen molar-refractivity contribution in [1.29, 1.82) is 0 Å². The molecule has 0 aliphatic heterocycles. The number of carbonyl (C=O) groups excluding carboxylic acids is 1. The normalized spacial score (nSPS) is 12.4. The van der Waals surface area contributed by atoms with Gasteiger partial charge >= 0.3 is 0 Å². The van der Waals surface area contributed by atoms with Crippen molar-refractivity contribution in [3.05, 3.63) is 41.6 Å². The monoisotopic (exact) mass is 364 g/mol. The Balaban J connectivity index is 0.00000312. The first kappa shape index (κ1) is 21.2. The van der Waals surface area contributed by atoms with Crippen molar-refractivity contribution in [1.82, 2.24) is 9.78 Å². The molecule has 0 aliphatic carbocycles. The van der Waals surface area contributed by atoms with Gasteiger partial charge < -0.3 is 11.1 Å². The summed E-state index contributed by atoms with van der Waals surface area (Å²) in [5.74, 6) is 0.652. The Labute approximate surface area is 156 Å². The van der Waals surface area contributed by atoms with E-state index in [-0.39, 0.29) is 29.8 Å². The predicted molar refractivity (Wildman–Crippen MR) is 106 cm³/mol. The molecule has 5 nitrogen and oxygen atoms in total. The number of rotatable bonds is 5. The number of anilines is 1. The number of benzene rings is 1. The number of nitrogens with two attached hydrogens (primary N) is 1. The highest BCUT2D eigenvalue weighted by Gasteiger charge is 2.21. The van der Waals surface area contributed by atoms with Crippen LogP contribution >= 0.6 is 12.4 Å². The Hall–Kier alpha value is -1.85. The van der Waals surface area contributed by atoms with E-state index in [1.54, 1.807) is 4.68 Å². The second-order valence-corrected chi connectivity index (χ2v) is 7.48. The summed E-state index contributed by atoms with van der Waals surface area (Å²) in [5, 5.41) is 7.68. The van der Waals surface area contributed by atoms with E-state index in [1.165, 1.54) is 5.56 Å². The summed E-state index contributed by atoms with van der Waals surface area (Å²) in [4.78, 5) is 12.2. The number of hydrogen-bond donors (Lipinski definition) is 2. The van der Waals surface area contributed by atoms with Crippen molar-refractivity contribution in [2.75, 3.05) is 5.32 Å². The summed E-state index contributed by atoms with van der Waals surface area (Å²) in [6, 6.07) is 10.1. The fourth-order valence-corrected chi connectivity index (χ4v) is 2.28. The van der Waals surface area contributed by atoms with E-state index < -0.39 is 0 Å². The lowest BCUT2D eigenvalue weighted by Crippen LogP contribution is -2.20. The number of nitrogens with one attached hydrogen (secondary N) is 1. The van der Waals surface area contributed by atoms with Crippen molar-refractivity contribution < 1.29 is 4.79 Å². The number of aromatic nitrogens is 2. The van der Waals surface area contributed by atoms with E-state index in [0.29, 0.717) is 18.7 Å². The largest absolute Gasteiger partial charge is 0.328 e. The molecule has 1 aromatic carbocycles. The van der Waals surface area contributed by atoms with Crippen molar-refractivity contribution in [2.24, 2.45) is 5.73 Å². The fourth-order valence-electron chi connectivity index (χ4n) is 2.28. The maximum Gasteiger partial charge on any atom is 0.225 e. The van der Waals surface area contributed by atoms with Crippen LogP contribution in [0.15, 0.2) is 30.3 Å². The lowest BCUT2D eigenvalue weighted by atomic mass is 9.92. The molecule has 1 unspecified atom stereocenters. The standard InChI is InChI=1S/C19H28N4O.ClH/c1-13-6-9-15(10-7-13)23-17(12-16(22-23)19(3,4)5)21-18(24)11-8-14(2)20;/h6-7,9-10,12,14H,8,11,20H2,1-5H3,(H,21,24);1H. The van der Waals surface area contributed by atoms with Gasteiger partial charge in [-0.15, -0.1) is 12.4 Å². The molecule has 0 saturated carbocycles. The minimum atomic E-state index is -0.0960. The molecule has 0 saturated heterocycles. The highest BCUT2D eigenvalue weighted by atomic mass is 35.5. The van der Waals surface area contributed by atoms with Gasteiger partial charge in [-0.25, -0.2) is 4.68 Å². The van der Waals surface area contributed by atoms with Crippen molar-refractivity contribution in [3.8, 4) is 5.69 Å². The third-order valence-corrected chi connectivity index (χ3v) is 3.85. The van der Waals surface area contributed by atoms with Gasteiger partial charge in [0, 0.05) is 23.9 Å². The number of carbonyl (C=O) groups is 1. The van der Waals surface area contributed by atoms with Gasteiger partial charge in [0.25, 0.3) is 0 Å². The van der Waals surface area contributed by atoms with Crippen LogP contribution in [-0.4, -0.2) is 21.7 Å². The van der Waals surface area contributed by atoms with Gasteiger partial charge in [-0.3, -0.25) is 4.79 Å². The highest BCUT2D eigenvalue weighted by Crippen LogP contribution is 2.26. The lowest BCUT2D eigenvalue weighted by molar-refractivity contribution is -0.116. The molecule has 0 spiro atoms. The van der Waals surface area contributed by atoms with Crippen LogP contribution in [0.25, 0.3) is 5.69 Å². The Morgan fingerprint density at radius 2 is 1.88 bits per heavy atom. The summed E-state index contributed by atoms with van der Waals surface area (Å²) in [6.45, 7) is 10.3. The maximum atomic E-state index is 12.2. The molecular weight excluding hydrogens is 336 g/mol. The Morgan fingerprint density at radius 1 is 1.28 bits per heavy atom. The Bertz CT molecular complexity index is 699. The van der Waals surface area contributed by atoms with Gasteiger partial charge in [0.05, 0.1) is 11.4 Å². The minimum absolute atomic E-state index is 0. The summed E-state index contributed by atoms with van der Waals surface area (Å²) in [7, 11) is 0. The van der Waals surface area contributed by atoms with Crippen LogP contribution < -0.4 is 11.1 Å². The van der Waals surface area contributed by atoms with Crippen LogP contribution in [0.4, 0.5) is 5.82 Å². The molecule has 1 heterocycles. The minimum Gasteiger partial charge on any atom is -0.328 e. The molecule has 0 bridgehead atoms. The predicted octanol–water partition coefficient (Wildman–Crippen LogP) is 3.97. The van der Waals surface area contributed by atoms with Crippen LogP contribution in [-0.2, 0) is 10.2 Å². The first-order chi connectivity index (χ1) is 11.2. The smallest absolute Gasteiger partial charge is 0.225 e. The Kier molecular flexibility index (Phi) is 7.20. The molecule has 1 amide bonds. The van der Waals surface area contributed by atoms with Gasteiger partial charge in [-0.1, -0.05) is 38.5 Å². The number of halogens is 1. The average Bonchev–Trinajstić information content (AvgIpc) is 2.90. The summed E-state index contributed by atoms with van der Waals surface area (Å²) < 4.78 is 1.80. The zero-order valence-corrected chi connectivity index (χ0v) is 16.5. The van der Waals surface area contributed by atoms with Crippen LogP contribution in [0.5, 0.6) is 0 Å². The van der Waals surface area contributed by atoms with Gasteiger partial charge in [0.15, 0.2) is 0 Å². The molecule has 1 aromatic heterocycles. The molecule has 0 radical (unpaired) electrons. The third kappa shape index (κ3) is 5.87. The SMILES string of the molecule is Cc1ccc(-n2nc(C(C)(C)C)cc2NC(=O)CCC(C)N)cc1.Cl. The third-order valence-electron chi connectivity index (χ3n) is 3.85. The van der Waals surface area contributed by atoms with Gasteiger partial charge in [-0.05, 0) is 32.4 Å². The number of amides is 1. The lowest BCUT2D eigenvalue weighted by Gasteiger charge is -2.14. The van der Waals surface area contributed by atoms with Crippen molar-refractivity contribution in [2.45, 2.75) is 58.9 Å². The van der Waals surface area contributed by atoms with Crippen LogP contribution in [0.2, 0.25) is 0 Å². The van der Waals surface area contributed by atoms with Gasteiger partial charge in [-0.2, -0.15) is 5.10 Å². The molecule has 3 N–H and O–H groups in total. The van der Waals surface area contributed by atoms with Crippen LogP contribution in [0.3, 0.4) is 0 Å². The molecule has 1 atom stereocenters. The van der Waals surface area contributed by atoms with Crippen LogP contribution in [0, 0.1) is 6.92 Å². The maximum absolute atomic E-state index is 12.2. The number of aryl methyl sites for hydroxylation is 1. The number of nitrogens with zero attached hydrogens (tertiary/aromatic N) is 2. The average molecular weight is 365 g/mol. The fraction of sp³-hybridized carbons (Fsp3) is 0.474. The molecule has 0 aliphatic rings. The van der Waals surface area contributed by atoms with E-state index in [0.717, 1.165) is 11.4 Å². The van der Waals surface area contributed by atoms with E-state index in [2.05, 4.69) is 26.1 Å². The summed E-state index contributed by atoms with van der Waals surface area (Å²) in [5.41, 5.74) is 8.69. The Morgan fingerprint density at radius 3 is 2.40 bits per heavy atom. The van der Waals surface area contributed by atoms with E-state index in [1.807, 2.05) is 44.2 Å². The second-order valence-electron chi connectivity index (χ2n) is 7.48. The van der Waals surface area contributed by atoms with Gasteiger partial charge in [0.1, 0.15) is 5.82 Å². The van der Waals surface area contributed by atoms with E-state index >= 15 is 0 Å². The molecular formula is C19H29ClN4O. The highest BCUT2D eigenvalue weighted by molar-refractivity contribution is 5.90. The topological polar surface area (TPSA) is 72.9 Å². The van der Waals surface area contributed by atoms with Gasteiger partial charge in [0.2, 0.25) is 5.91 Å². The first-order valence-corrected chi connectivity index (χ1v) is 8.40. The number of hydrogen-bond acceptors (Lipinski definition) is 3. The van der Waals surface area contributed by atoms with Crippen molar-refractivity contribution >= 4 is 24.1 Å². The van der Waals surface area contributed by atoms with E-state index in [9.17, 15) is 4.79 Å². The molecule has 0 fully saturated rings. The summed E-state index contributed by atoms with van der Waals surface area (Å²) in [6.07, 6.45) is 1.07. The molecule has 138 valence electrons. The van der Waals surface area contributed by atoms with Crippen molar-refractivity contribution in [3.63, 3.8) is 0 Å². The zero-order chi connectivity index (χ0) is 17.9. The quantitative estimate of drug-likeness (QED) is 0.843. The zero-order valence-electron chi connectivity index (χ0n) is 15.7. The van der Waals surface area contributed by atoms with E-state index in [4.69, 9.17) is 10.8 Å². The van der Waals surface area contributed by atoms with Crippen LogP contribution in [0.1, 0.15) is 51.8 Å². The molecule has 2 rings (SSSR count). The molecule has 2 aromatic rings. The first-order valence-electron chi connectivity index (χ1n) is 8.40. The molecule has 25 heavy (non-hydrogen) atoms. The summed E-state index contributed by atoms with van der Waals surface area (Å²) >= 11 is 0.